The summed E-state index contributed by atoms with van der Waals surface area (Å²) in [5, 5.41) is 12.5. The minimum atomic E-state index is -0.967. The third-order valence-electron chi connectivity index (χ3n) is 7.38. The molecule has 0 spiro atoms. The molecule has 2 heterocycles. The van der Waals surface area contributed by atoms with Crippen molar-refractivity contribution < 1.29 is 28.6 Å². The number of carboxylic acid groups (broad SMARTS) is 1. The molecule has 3 aliphatic rings. The molecule has 180 valence electrons. The molecule has 1 amide bonds. The van der Waals surface area contributed by atoms with Crippen LogP contribution in [0.25, 0.3) is 0 Å². The van der Waals surface area contributed by atoms with E-state index >= 15 is 0 Å². The van der Waals surface area contributed by atoms with Crippen molar-refractivity contribution in [3.8, 4) is 5.75 Å². The van der Waals surface area contributed by atoms with E-state index in [0.717, 1.165) is 24.8 Å². The monoisotopic (exact) mass is 468 g/mol. The predicted molar refractivity (Wildman–Crippen MR) is 122 cm³/mol. The zero-order valence-electron chi connectivity index (χ0n) is 19.0. The fourth-order valence-electron chi connectivity index (χ4n) is 5.22. The maximum atomic E-state index is 13.8. The summed E-state index contributed by atoms with van der Waals surface area (Å²) in [5.41, 5.74) is 0.0286. The van der Waals surface area contributed by atoms with E-state index in [1.54, 1.807) is 36.4 Å². The molecule has 1 aliphatic carbocycles. The first-order valence-corrected chi connectivity index (χ1v) is 11.8. The van der Waals surface area contributed by atoms with Crippen molar-refractivity contribution in [2.75, 3.05) is 26.3 Å². The van der Waals surface area contributed by atoms with Crippen LogP contribution in [0.4, 0.5) is 4.39 Å². The SMILES string of the molecule is O=C(O)c1ccc(C2(NC(=O)C3(N4CCC(Oc5cccc(F)c5)C4)CCOCC3)CC2)cc1. The summed E-state index contributed by atoms with van der Waals surface area (Å²) in [6.45, 7) is 2.33. The number of aromatic carboxylic acids is 1. The molecule has 1 saturated carbocycles. The first-order valence-electron chi connectivity index (χ1n) is 11.8. The second-order valence-electron chi connectivity index (χ2n) is 9.49. The molecule has 3 fully saturated rings. The van der Waals surface area contributed by atoms with Gasteiger partial charge in [-0.25, -0.2) is 9.18 Å². The Bertz CT molecular complexity index is 1060. The molecule has 8 heteroatoms. The zero-order chi connectivity index (χ0) is 23.8. The van der Waals surface area contributed by atoms with Crippen LogP contribution in [-0.2, 0) is 15.1 Å². The highest BCUT2D eigenvalue weighted by atomic mass is 19.1. The van der Waals surface area contributed by atoms with Crippen LogP contribution in [0.3, 0.4) is 0 Å². The van der Waals surface area contributed by atoms with Crippen LogP contribution in [0, 0.1) is 5.82 Å². The van der Waals surface area contributed by atoms with E-state index in [0.29, 0.717) is 44.9 Å². The molecule has 7 nitrogen and oxygen atoms in total. The van der Waals surface area contributed by atoms with E-state index < -0.39 is 17.0 Å². The molecule has 2 aromatic rings. The molecule has 1 atom stereocenters. The van der Waals surface area contributed by atoms with Gasteiger partial charge in [-0.05, 0) is 61.9 Å². The van der Waals surface area contributed by atoms with Gasteiger partial charge in [0.25, 0.3) is 0 Å². The van der Waals surface area contributed by atoms with E-state index in [-0.39, 0.29) is 23.4 Å². The molecule has 2 aliphatic heterocycles. The number of carbonyl (C=O) groups excluding carboxylic acids is 1. The molecule has 0 aromatic heterocycles. The molecular weight excluding hydrogens is 439 g/mol. The largest absolute Gasteiger partial charge is 0.489 e. The summed E-state index contributed by atoms with van der Waals surface area (Å²) in [7, 11) is 0. The molecule has 2 N–H and O–H groups in total. The van der Waals surface area contributed by atoms with Gasteiger partial charge in [-0.2, -0.15) is 0 Å². The fraction of sp³-hybridized carbons (Fsp3) is 0.462. The Hall–Kier alpha value is -2.97. The Labute approximate surface area is 197 Å². The number of carboxylic acids is 1. The number of carbonyl (C=O) groups is 2. The molecule has 0 radical (unpaired) electrons. The highest BCUT2D eigenvalue weighted by molar-refractivity contribution is 5.89. The number of nitrogens with zero attached hydrogens (tertiary/aromatic N) is 1. The lowest BCUT2D eigenvalue weighted by molar-refractivity contribution is -0.141. The van der Waals surface area contributed by atoms with Crippen LogP contribution in [0.2, 0.25) is 0 Å². The van der Waals surface area contributed by atoms with Gasteiger partial charge in [-0.1, -0.05) is 18.2 Å². The molecule has 2 aromatic carbocycles. The number of halogens is 1. The molecule has 0 bridgehead atoms. The van der Waals surface area contributed by atoms with E-state index in [1.165, 1.54) is 12.1 Å². The van der Waals surface area contributed by atoms with Crippen LogP contribution < -0.4 is 10.1 Å². The summed E-state index contributed by atoms with van der Waals surface area (Å²) in [5.74, 6) is -0.814. The zero-order valence-corrected chi connectivity index (χ0v) is 19.0. The smallest absolute Gasteiger partial charge is 0.335 e. The third-order valence-corrected chi connectivity index (χ3v) is 7.38. The van der Waals surface area contributed by atoms with E-state index in [1.807, 2.05) is 0 Å². The maximum Gasteiger partial charge on any atom is 0.335 e. The van der Waals surface area contributed by atoms with Gasteiger partial charge in [0.2, 0.25) is 5.91 Å². The van der Waals surface area contributed by atoms with Gasteiger partial charge in [0, 0.05) is 32.4 Å². The second kappa shape index (κ2) is 9.00. The van der Waals surface area contributed by atoms with Gasteiger partial charge in [0.05, 0.1) is 11.1 Å². The Morgan fingerprint density at radius 3 is 2.47 bits per heavy atom. The number of ether oxygens (including phenoxy) is 2. The molecule has 34 heavy (non-hydrogen) atoms. The normalized spacial score (nSPS) is 23.3. The highest BCUT2D eigenvalue weighted by Crippen LogP contribution is 2.46. The average Bonchev–Trinajstić information content (AvgIpc) is 3.47. The van der Waals surface area contributed by atoms with Gasteiger partial charge < -0.3 is 19.9 Å². The Kier molecular flexibility index (Phi) is 6.04. The molecule has 1 unspecified atom stereocenters. The van der Waals surface area contributed by atoms with Crippen LogP contribution in [0.5, 0.6) is 5.75 Å². The van der Waals surface area contributed by atoms with Crippen molar-refractivity contribution in [2.45, 2.75) is 49.3 Å². The van der Waals surface area contributed by atoms with Crippen LogP contribution >= 0.6 is 0 Å². The van der Waals surface area contributed by atoms with E-state index in [2.05, 4.69) is 10.2 Å². The van der Waals surface area contributed by atoms with Crippen molar-refractivity contribution in [3.05, 3.63) is 65.5 Å². The second-order valence-corrected chi connectivity index (χ2v) is 9.49. The first-order chi connectivity index (χ1) is 16.4. The van der Waals surface area contributed by atoms with Crippen molar-refractivity contribution in [1.82, 2.24) is 10.2 Å². The number of nitrogens with one attached hydrogen (secondary N) is 1. The number of amides is 1. The van der Waals surface area contributed by atoms with Gasteiger partial charge in [-0.15, -0.1) is 0 Å². The van der Waals surface area contributed by atoms with E-state index in [4.69, 9.17) is 9.47 Å². The van der Waals surface area contributed by atoms with Gasteiger partial charge in [0.1, 0.15) is 23.2 Å². The lowest BCUT2D eigenvalue weighted by atomic mass is 9.86. The summed E-state index contributed by atoms with van der Waals surface area (Å²) in [6.07, 6.45) is 3.48. The van der Waals surface area contributed by atoms with E-state index in [9.17, 15) is 19.1 Å². The maximum absolute atomic E-state index is 13.8. The number of likely N-dealkylation sites (tertiary alicyclic amines) is 1. The summed E-state index contributed by atoms with van der Waals surface area (Å²) in [4.78, 5) is 27.2. The third kappa shape index (κ3) is 4.40. The van der Waals surface area contributed by atoms with Crippen molar-refractivity contribution >= 4 is 11.9 Å². The fourth-order valence-corrected chi connectivity index (χ4v) is 5.22. The summed E-state index contributed by atoms with van der Waals surface area (Å²) in [6, 6.07) is 12.9. The van der Waals surface area contributed by atoms with Crippen LogP contribution in [0.1, 0.15) is 48.0 Å². The Balaban J connectivity index is 1.31. The van der Waals surface area contributed by atoms with Crippen LogP contribution in [0.15, 0.2) is 48.5 Å². The lowest BCUT2D eigenvalue weighted by Crippen LogP contribution is -2.62. The summed E-state index contributed by atoms with van der Waals surface area (Å²) >= 11 is 0. The minimum absolute atomic E-state index is 0.0120. The standard InChI is InChI=1S/C26H29FN2O5/c27-20-2-1-3-21(16-20)34-22-8-13-29(17-22)26(11-14-33-15-12-26)24(32)28-25(9-10-25)19-6-4-18(5-7-19)23(30)31/h1-7,16,22H,8-15,17H2,(H,28,32)(H,30,31). The highest BCUT2D eigenvalue weighted by Gasteiger charge is 2.53. The van der Waals surface area contributed by atoms with Gasteiger partial charge in [0.15, 0.2) is 0 Å². The number of hydrogen-bond donors (Lipinski definition) is 2. The first kappa shape index (κ1) is 22.8. The van der Waals surface area contributed by atoms with Crippen molar-refractivity contribution in [1.29, 1.82) is 0 Å². The van der Waals surface area contributed by atoms with Crippen molar-refractivity contribution in [2.24, 2.45) is 0 Å². The topological polar surface area (TPSA) is 88.1 Å². The van der Waals surface area contributed by atoms with Gasteiger partial charge >= 0.3 is 5.97 Å². The van der Waals surface area contributed by atoms with Crippen molar-refractivity contribution in [3.63, 3.8) is 0 Å². The average molecular weight is 469 g/mol. The minimum Gasteiger partial charge on any atom is -0.489 e. The van der Waals surface area contributed by atoms with Gasteiger partial charge in [-0.3, -0.25) is 9.69 Å². The van der Waals surface area contributed by atoms with Crippen LogP contribution in [-0.4, -0.2) is 59.8 Å². The Morgan fingerprint density at radius 1 is 1.09 bits per heavy atom. The predicted octanol–water partition coefficient (Wildman–Crippen LogP) is 3.33. The Morgan fingerprint density at radius 2 is 1.82 bits per heavy atom. The number of rotatable bonds is 7. The number of benzene rings is 2. The number of hydrogen-bond acceptors (Lipinski definition) is 5. The summed E-state index contributed by atoms with van der Waals surface area (Å²) < 4.78 is 25.2. The molecule has 2 saturated heterocycles. The lowest BCUT2D eigenvalue weighted by Gasteiger charge is -2.43. The quantitative estimate of drug-likeness (QED) is 0.648. The molecular formula is C26H29FN2O5. The molecule has 5 rings (SSSR count).